The van der Waals surface area contributed by atoms with Crippen LogP contribution in [0, 0.1) is 0 Å². The van der Waals surface area contributed by atoms with Crippen LogP contribution in [0.1, 0.15) is 36.6 Å². The van der Waals surface area contributed by atoms with E-state index in [2.05, 4.69) is 10.3 Å². The van der Waals surface area contributed by atoms with Crippen molar-refractivity contribution in [3.8, 4) is 0 Å². The van der Waals surface area contributed by atoms with Gasteiger partial charge < -0.3 is 10.8 Å². The number of hydrogen-bond acceptors (Lipinski definition) is 4. The molecule has 0 bridgehead atoms. The van der Waals surface area contributed by atoms with E-state index in [4.69, 9.17) is 10.8 Å². The van der Waals surface area contributed by atoms with Gasteiger partial charge in [0.1, 0.15) is 0 Å². The maximum absolute atomic E-state index is 10.7. The molecular formula is C10H16N4O2. The summed E-state index contributed by atoms with van der Waals surface area (Å²) in [5.74, 6) is -1.05. The van der Waals surface area contributed by atoms with Crippen LogP contribution in [-0.4, -0.2) is 32.6 Å². The maximum atomic E-state index is 10.7. The highest BCUT2D eigenvalue weighted by molar-refractivity contribution is 5.68. The standard InChI is InChI=1S/C10H16N4O2/c11-6-7(5-9(15)16)10-8-3-1-2-4-14(8)13-12-10/h7H,1-6,11H2,(H,15,16). The van der Waals surface area contributed by atoms with E-state index in [1.54, 1.807) is 0 Å². The summed E-state index contributed by atoms with van der Waals surface area (Å²) in [5, 5.41) is 17.0. The molecule has 3 N–H and O–H groups in total. The van der Waals surface area contributed by atoms with Crippen LogP contribution in [-0.2, 0) is 17.8 Å². The maximum Gasteiger partial charge on any atom is 0.304 e. The Balaban J connectivity index is 2.24. The van der Waals surface area contributed by atoms with Gasteiger partial charge in [0, 0.05) is 19.0 Å². The number of nitrogens with two attached hydrogens (primary N) is 1. The fraction of sp³-hybridized carbons (Fsp3) is 0.700. The lowest BCUT2D eigenvalue weighted by atomic mass is 9.97. The second-order valence-electron chi connectivity index (χ2n) is 4.13. The number of nitrogens with zero attached hydrogens (tertiary/aromatic N) is 3. The molecule has 6 heteroatoms. The van der Waals surface area contributed by atoms with Crippen molar-refractivity contribution < 1.29 is 9.90 Å². The van der Waals surface area contributed by atoms with Crippen molar-refractivity contribution >= 4 is 5.97 Å². The third-order valence-electron chi connectivity index (χ3n) is 2.99. The summed E-state index contributed by atoms with van der Waals surface area (Å²) < 4.78 is 1.88. The van der Waals surface area contributed by atoms with Crippen molar-refractivity contribution in [2.45, 2.75) is 38.1 Å². The first-order valence-electron chi connectivity index (χ1n) is 5.56. The molecule has 0 aromatic carbocycles. The zero-order chi connectivity index (χ0) is 11.5. The summed E-state index contributed by atoms with van der Waals surface area (Å²) in [7, 11) is 0. The summed E-state index contributed by atoms with van der Waals surface area (Å²) in [6, 6.07) is 0. The molecule has 0 amide bonds. The third kappa shape index (κ3) is 2.06. The quantitative estimate of drug-likeness (QED) is 0.758. The van der Waals surface area contributed by atoms with Gasteiger partial charge in [-0.15, -0.1) is 5.10 Å². The minimum Gasteiger partial charge on any atom is -0.481 e. The lowest BCUT2D eigenvalue weighted by molar-refractivity contribution is -0.137. The Hall–Kier alpha value is -1.43. The Labute approximate surface area is 93.4 Å². The number of aliphatic carboxylic acids is 1. The summed E-state index contributed by atoms with van der Waals surface area (Å²) in [6.45, 7) is 1.19. The molecule has 0 saturated carbocycles. The highest BCUT2D eigenvalue weighted by Gasteiger charge is 2.24. The zero-order valence-corrected chi connectivity index (χ0v) is 9.09. The molecule has 1 aromatic heterocycles. The average Bonchev–Trinajstić information content (AvgIpc) is 2.69. The Morgan fingerprint density at radius 2 is 2.38 bits per heavy atom. The minimum absolute atomic E-state index is 0.0300. The molecule has 1 atom stereocenters. The van der Waals surface area contributed by atoms with E-state index < -0.39 is 5.97 Å². The number of carboxylic acid groups (broad SMARTS) is 1. The van der Waals surface area contributed by atoms with Crippen LogP contribution in [0.2, 0.25) is 0 Å². The first kappa shape index (κ1) is 11.1. The van der Waals surface area contributed by atoms with Crippen LogP contribution in [0.25, 0.3) is 0 Å². The first-order valence-corrected chi connectivity index (χ1v) is 5.56. The highest BCUT2D eigenvalue weighted by Crippen LogP contribution is 2.24. The Bertz CT molecular complexity index is 388. The molecule has 0 fully saturated rings. The van der Waals surface area contributed by atoms with Crippen LogP contribution >= 0.6 is 0 Å². The van der Waals surface area contributed by atoms with E-state index >= 15 is 0 Å². The van der Waals surface area contributed by atoms with E-state index in [9.17, 15) is 4.79 Å². The molecule has 0 aliphatic carbocycles. The molecule has 16 heavy (non-hydrogen) atoms. The number of rotatable bonds is 4. The number of aryl methyl sites for hydroxylation is 1. The number of fused-ring (bicyclic) bond motifs is 1. The lowest BCUT2D eigenvalue weighted by Crippen LogP contribution is -2.19. The van der Waals surface area contributed by atoms with Crippen LogP contribution in [0.3, 0.4) is 0 Å². The van der Waals surface area contributed by atoms with Gasteiger partial charge in [0.15, 0.2) is 0 Å². The minimum atomic E-state index is -0.840. The Morgan fingerprint density at radius 3 is 3.06 bits per heavy atom. The third-order valence-corrected chi connectivity index (χ3v) is 2.99. The molecule has 1 aromatic rings. The molecule has 2 heterocycles. The molecule has 1 aliphatic rings. The van der Waals surface area contributed by atoms with Gasteiger partial charge >= 0.3 is 5.97 Å². The smallest absolute Gasteiger partial charge is 0.304 e. The van der Waals surface area contributed by atoms with Gasteiger partial charge in [0.2, 0.25) is 0 Å². The first-order chi connectivity index (χ1) is 7.72. The van der Waals surface area contributed by atoms with Crippen LogP contribution in [0.15, 0.2) is 0 Å². The van der Waals surface area contributed by atoms with Crippen molar-refractivity contribution in [2.75, 3.05) is 6.54 Å². The predicted octanol–water partition coefficient (Wildman–Crippen LogP) is 0.131. The van der Waals surface area contributed by atoms with E-state index in [0.29, 0.717) is 6.54 Å². The molecule has 1 unspecified atom stereocenters. The van der Waals surface area contributed by atoms with Crippen molar-refractivity contribution in [3.05, 3.63) is 11.4 Å². The molecule has 0 saturated heterocycles. The molecule has 1 aliphatic heterocycles. The molecule has 2 rings (SSSR count). The Morgan fingerprint density at radius 1 is 1.56 bits per heavy atom. The van der Waals surface area contributed by atoms with Gasteiger partial charge in [-0.1, -0.05) is 5.21 Å². The van der Waals surface area contributed by atoms with Gasteiger partial charge in [-0.3, -0.25) is 4.79 Å². The fourth-order valence-corrected chi connectivity index (χ4v) is 2.16. The second kappa shape index (κ2) is 4.61. The number of carboxylic acids is 1. The predicted molar refractivity (Wildman–Crippen MR) is 57.0 cm³/mol. The van der Waals surface area contributed by atoms with Crippen LogP contribution in [0.5, 0.6) is 0 Å². The molecule has 0 spiro atoms. The Kier molecular flexibility index (Phi) is 3.19. The van der Waals surface area contributed by atoms with Crippen LogP contribution < -0.4 is 5.73 Å². The van der Waals surface area contributed by atoms with Gasteiger partial charge in [-0.25, -0.2) is 4.68 Å². The second-order valence-corrected chi connectivity index (χ2v) is 4.13. The highest BCUT2D eigenvalue weighted by atomic mass is 16.4. The van der Waals surface area contributed by atoms with E-state index in [1.807, 2.05) is 4.68 Å². The summed E-state index contributed by atoms with van der Waals surface area (Å²) >= 11 is 0. The number of hydrogen-bond donors (Lipinski definition) is 2. The van der Waals surface area contributed by atoms with E-state index in [0.717, 1.165) is 37.2 Å². The molecule has 6 nitrogen and oxygen atoms in total. The van der Waals surface area contributed by atoms with E-state index in [1.165, 1.54) is 0 Å². The normalized spacial score (nSPS) is 16.8. The SMILES string of the molecule is NCC(CC(=O)O)c1nnn2c1CCCC2. The van der Waals surface area contributed by atoms with Gasteiger partial charge in [0.25, 0.3) is 0 Å². The fourth-order valence-electron chi connectivity index (χ4n) is 2.16. The van der Waals surface area contributed by atoms with E-state index in [-0.39, 0.29) is 12.3 Å². The average molecular weight is 224 g/mol. The number of carbonyl (C=O) groups is 1. The largest absolute Gasteiger partial charge is 0.481 e. The van der Waals surface area contributed by atoms with Crippen LogP contribution in [0.4, 0.5) is 0 Å². The number of aromatic nitrogens is 3. The monoisotopic (exact) mass is 224 g/mol. The molecule has 88 valence electrons. The topological polar surface area (TPSA) is 94.0 Å². The van der Waals surface area contributed by atoms with Gasteiger partial charge in [-0.2, -0.15) is 0 Å². The summed E-state index contributed by atoms with van der Waals surface area (Å²) in [4.78, 5) is 10.7. The van der Waals surface area contributed by atoms with Gasteiger partial charge in [-0.05, 0) is 19.3 Å². The zero-order valence-electron chi connectivity index (χ0n) is 9.09. The lowest BCUT2D eigenvalue weighted by Gasteiger charge is -2.16. The van der Waals surface area contributed by atoms with Crippen molar-refractivity contribution in [3.63, 3.8) is 0 Å². The van der Waals surface area contributed by atoms with Crippen molar-refractivity contribution in [1.82, 2.24) is 15.0 Å². The summed E-state index contributed by atoms with van der Waals surface area (Å²) in [6.07, 6.45) is 3.19. The summed E-state index contributed by atoms with van der Waals surface area (Å²) in [5.41, 5.74) is 7.46. The molecule has 0 radical (unpaired) electrons. The van der Waals surface area contributed by atoms with Gasteiger partial charge in [0.05, 0.1) is 17.8 Å². The molecular weight excluding hydrogens is 208 g/mol. The van der Waals surface area contributed by atoms with Crippen molar-refractivity contribution in [1.29, 1.82) is 0 Å². The van der Waals surface area contributed by atoms with Crippen molar-refractivity contribution in [2.24, 2.45) is 5.73 Å².